The molecule has 0 radical (unpaired) electrons. The summed E-state index contributed by atoms with van der Waals surface area (Å²) < 4.78 is 25.7. The van der Waals surface area contributed by atoms with Gasteiger partial charge in [0.15, 0.2) is 0 Å². The zero-order chi connectivity index (χ0) is 11.0. The maximum Gasteiger partial charge on any atom is 0.264 e. The first kappa shape index (κ1) is 13.8. The van der Waals surface area contributed by atoms with E-state index in [-0.39, 0.29) is 12.6 Å². The van der Waals surface area contributed by atoms with Crippen LogP contribution in [0.4, 0.5) is 0 Å². The number of hydrogen-bond donors (Lipinski definition) is 2. The molecule has 0 saturated heterocycles. The summed E-state index contributed by atoms with van der Waals surface area (Å²) in [5, 5.41) is 0. The van der Waals surface area contributed by atoms with Gasteiger partial charge in [0.1, 0.15) is 0 Å². The summed E-state index contributed by atoms with van der Waals surface area (Å²) in [6.07, 6.45) is 4.28. The van der Waals surface area contributed by atoms with Crippen LogP contribution in [-0.4, -0.2) is 33.9 Å². The molecular formula is C8H20N2O3S. The van der Waals surface area contributed by atoms with Crippen molar-refractivity contribution in [1.29, 1.82) is 0 Å². The molecule has 0 amide bonds. The average Bonchev–Trinajstić information content (AvgIpc) is 2.07. The Morgan fingerprint density at radius 2 is 1.86 bits per heavy atom. The van der Waals surface area contributed by atoms with E-state index < -0.39 is 10.1 Å². The fourth-order valence-electron chi connectivity index (χ4n) is 1.08. The normalized spacial score (nSPS) is 14.2. The van der Waals surface area contributed by atoms with Crippen LogP contribution >= 0.6 is 0 Å². The van der Waals surface area contributed by atoms with Gasteiger partial charge < -0.3 is 11.5 Å². The van der Waals surface area contributed by atoms with Crippen LogP contribution < -0.4 is 11.5 Å². The minimum absolute atomic E-state index is 0.0988. The summed E-state index contributed by atoms with van der Waals surface area (Å²) in [5.74, 6) is 0. The Hall–Kier alpha value is -0.170. The van der Waals surface area contributed by atoms with Crippen molar-refractivity contribution in [3.05, 3.63) is 0 Å². The van der Waals surface area contributed by atoms with Crippen LogP contribution in [0.5, 0.6) is 0 Å². The summed E-state index contributed by atoms with van der Waals surface area (Å²) >= 11 is 0. The molecule has 1 unspecified atom stereocenters. The largest absolute Gasteiger partial charge is 0.330 e. The Labute approximate surface area is 85.9 Å². The van der Waals surface area contributed by atoms with Crippen molar-refractivity contribution in [2.45, 2.75) is 31.7 Å². The van der Waals surface area contributed by atoms with Gasteiger partial charge in [-0.3, -0.25) is 4.18 Å². The highest BCUT2D eigenvalue weighted by molar-refractivity contribution is 7.85. The lowest BCUT2D eigenvalue weighted by molar-refractivity contribution is 0.305. The van der Waals surface area contributed by atoms with Crippen LogP contribution in [0.25, 0.3) is 0 Å². The molecule has 86 valence electrons. The molecule has 0 aromatic rings. The second kappa shape index (κ2) is 7.17. The van der Waals surface area contributed by atoms with Gasteiger partial charge in [-0.05, 0) is 32.2 Å². The molecule has 0 aliphatic heterocycles. The Bertz CT molecular complexity index is 229. The van der Waals surface area contributed by atoms with Crippen molar-refractivity contribution in [3.63, 3.8) is 0 Å². The minimum atomic E-state index is -3.30. The van der Waals surface area contributed by atoms with Crippen molar-refractivity contribution in [1.82, 2.24) is 0 Å². The smallest absolute Gasteiger partial charge is 0.264 e. The molecule has 1 atom stereocenters. The summed E-state index contributed by atoms with van der Waals surface area (Å²) in [6.45, 7) is 0.864. The molecule has 0 aromatic heterocycles. The molecule has 0 aliphatic rings. The highest BCUT2D eigenvalue weighted by Gasteiger charge is 2.04. The van der Waals surface area contributed by atoms with E-state index in [0.29, 0.717) is 13.0 Å². The first-order chi connectivity index (χ1) is 6.45. The van der Waals surface area contributed by atoms with Gasteiger partial charge in [0, 0.05) is 6.04 Å². The standard InChI is InChI=1S/C8H20N2O3S/c1-14(11,12)13-7-3-5-8(10)4-2-6-9/h8H,2-7,9-10H2,1H3. The predicted molar refractivity (Wildman–Crippen MR) is 56.3 cm³/mol. The first-order valence-electron chi connectivity index (χ1n) is 4.76. The van der Waals surface area contributed by atoms with E-state index in [9.17, 15) is 8.42 Å². The van der Waals surface area contributed by atoms with E-state index in [1.165, 1.54) is 0 Å². The predicted octanol–water partition coefficient (Wildman–Crippen LogP) is -0.191. The third-order valence-corrected chi connectivity index (χ3v) is 2.39. The van der Waals surface area contributed by atoms with Crippen molar-refractivity contribution < 1.29 is 12.6 Å². The van der Waals surface area contributed by atoms with Gasteiger partial charge in [0.05, 0.1) is 12.9 Å². The summed E-state index contributed by atoms with van der Waals surface area (Å²) in [4.78, 5) is 0. The second-order valence-electron chi connectivity index (χ2n) is 3.36. The summed E-state index contributed by atoms with van der Waals surface area (Å²) in [5.41, 5.74) is 11.1. The van der Waals surface area contributed by atoms with Gasteiger partial charge in [-0.2, -0.15) is 8.42 Å². The Morgan fingerprint density at radius 1 is 1.29 bits per heavy atom. The molecule has 0 aliphatic carbocycles. The lowest BCUT2D eigenvalue weighted by Crippen LogP contribution is -2.21. The molecule has 0 bridgehead atoms. The van der Waals surface area contributed by atoms with Crippen LogP contribution in [-0.2, 0) is 14.3 Å². The zero-order valence-corrected chi connectivity index (χ0v) is 9.42. The number of hydrogen-bond acceptors (Lipinski definition) is 5. The third kappa shape index (κ3) is 9.91. The van der Waals surface area contributed by atoms with E-state index in [1.807, 2.05) is 0 Å². The van der Waals surface area contributed by atoms with Gasteiger partial charge in [0.2, 0.25) is 0 Å². The van der Waals surface area contributed by atoms with Crippen LogP contribution in [0.1, 0.15) is 25.7 Å². The van der Waals surface area contributed by atoms with Crippen molar-refractivity contribution in [2.75, 3.05) is 19.4 Å². The van der Waals surface area contributed by atoms with Gasteiger partial charge in [-0.15, -0.1) is 0 Å². The Kier molecular flexibility index (Phi) is 7.08. The minimum Gasteiger partial charge on any atom is -0.330 e. The van der Waals surface area contributed by atoms with Crippen molar-refractivity contribution >= 4 is 10.1 Å². The van der Waals surface area contributed by atoms with E-state index >= 15 is 0 Å². The topological polar surface area (TPSA) is 95.4 Å². The molecule has 0 aromatic carbocycles. The van der Waals surface area contributed by atoms with Gasteiger partial charge in [-0.25, -0.2) is 0 Å². The Morgan fingerprint density at radius 3 is 2.36 bits per heavy atom. The van der Waals surface area contributed by atoms with Gasteiger partial charge in [-0.1, -0.05) is 0 Å². The lowest BCUT2D eigenvalue weighted by Gasteiger charge is -2.09. The molecule has 5 nitrogen and oxygen atoms in total. The van der Waals surface area contributed by atoms with Crippen LogP contribution in [0, 0.1) is 0 Å². The fourth-order valence-corrected chi connectivity index (χ4v) is 1.50. The zero-order valence-electron chi connectivity index (χ0n) is 8.61. The first-order valence-corrected chi connectivity index (χ1v) is 6.57. The summed E-state index contributed by atoms with van der Waals surface area (Å²) in [7, 11) is -3.30. The van der Waals surface area contributed by atoms with E-state index in [1.54, 1.807) is 0 Å². The van der Waals surface area contributed by atoms with Crippen LogP contribution in [0.2, 0.25) is 0 Å². The molecule has 0 saturated carbocycles. The SMILES string of the molecule is CS(=O)(=O)OCCCC(N)CCCN. The van der Waals surface area contributed by atoms with Gasteiger partial charge >= 0.3 is 0 Å². The molecular weight excluding hydrogens is 204 g/mol. The highest BCUT2D eigenvalue weighted by Crippen LogP contribution is 2.02. The molecule has 0 fully saturated rings. The monoisotopic (exact) mass is 224 g/mol. The molecule has 0 rings (SSSR count). The van der Waals surface area contributed by atoms with E-state index in [4.69, 9.17) is 11.5 Å². The lowest BCUT2D eigenvalue weighted by atomic mass is 10.1. The molecule has 0 heterocycles. The fraction of sp³-hybridized carbons (Fsp3) is 1.00. The number of rotatable bonds is 8. The van der Waals surface area contributed by atoms with Crippen molar-refractivity contribution in [2.24, 2.45) is 11.5 Å². The molecule has 0 spiro atoms. The average molecular weight is 224 g/mol. The molecule has 14 heavy (non-hydrogen) atoms. The second-order valence-corrected chi connectivity index (χ2v) is 5.00. The van der Waals surface area contributed by atoms with E-state index in [0.717, 1.165) is 25.5 Å². The Balaban J connectivity index is 3.36. The molecule has 6 heteroatoms. The maximum absolute atomic E-state index is 10.6. The van der Waals surface area contributed by atoms with Gasteiger partial charge in [0.25, 0.3) is 10.1 Å². The highest BCUT2D eigenvalue weighted by atomic mass is 32.2. The van der Waals surface area contributed by atoms with Crippen molar-refractivity contribution in [3.8, 4) is 0 Å². The summed E-state index contributed by atoms with van der Waals surface area (Å²) in [6, 6.07) is 0.0988. The van der Waals surface area contributed by atoms with Crippen LogP contribution in [0.3, 0.4) is 0 Å². The quantitative estimate of drug-likeness (QED) is 0.440. The third-order valence-electron chi connectivity index (χ3n) is 1.80. The van der Waals surface area contributed by atoms with E-state index in [2.05, 4.69) is 4.18 Å². The molecule has 4 N–H and O–H groups in total. The maximum atomic E-state index is 10.6. The number of nitrogens with two attached hydrogens (primary N) is 2. The van der Waals surface area contributed by atoms with Crippen LogP contribution in [0.15, 0.2) is 0 Å².